The van der Waals surface area contributed by atoms with Crippen molar-refractivity contribution in [1.82, 2.24) is 14.6 Å². The molecule has 0 bridgehead atoms. The first-order valence-electron chi connectivity index (χ1n) is 8.36. The quantitative estimate of drug-likeness (QED) is 0.721. The molecule has 6 heteroatoms. The van der Waals surface area contributed by atoms with Crippen LogP contribution in [0.2, 0.25) is 0 Å². The number of hydrogen-bond donors (Lipinski definition) is 2. The predicted molar refractivity (Wildman–Crippen MR) is 98.1 cm³/mol. The summed E-state index contributed by atoms with van der Waals surface area (Å²) >= 11 is 0. The van der Waals surface area contributed by atoms with Crippen LogP contribution in [0, 0.1) is 0 Å². The Bertz CT molecular complexity index is 853. The van der Waals surface area contributed by atoms with Gasteiger partial charge in [-0.3, -0.25) is 0 Å². The fourth-order valence-corrected chi connectivity index (χ4v) is 2.67. The Morgan fingerprint density at radius 1 is 1.24 bits per heavy atom. The molecule has 3 rings (SSSR count). The van der Waals surface area contributed by atoms with Gasteiger partial charge in [-0.25, -0.2) is 4.98 Å². The van der Waals surface area contributed by atoms with Gasteiger partial charge in [-0.2, -0.15) is 9.61 Å². The summed E-state index contributed by atoms with van der Waals surface area (Å²) in [6, 6.07) is 11.3. The Labute approximate surface area is 147 Å². The third kappa shape index (κ3) is 3.58. The number of aromatic nitrogens is 3. The lowest BCUT2D eigenvalue weighted by Gasteiger charge is -2.25. The number of hydrogen-bond acceptors (Lipinski definition) is 5. The monoisotopic (exact) mass is 340 g/mol. The highest BCUT2D eigenvalue weighted by Crippen LogP contribution is 2.25. The van der Waals surface area contributed by atoms with E-state index in [-0.39, 0.29) is 0 Å². The lowest BCUT2D eigenvalue weighted by molar-refractivity contribution is 0.0713. The standard InChI is InChI=1S/C19H24N4O2/c1-13(2)16-11-18(23-17(22-16)9-10-21-23)20-12-19(3,24)14-5-7-15(25-4)8-6-14/h5-11,13,20,24H,12H2,1-4H3/t19-/m0/s1. The molecule has 0 radical (unpaired) electrons. The second-order valence-electron chi connectivity index (χ2n) is 6.68. The number of methoxy groups -OCH3 is 1. The predicted octanol–water partition coefficient (Wildman–Crippen LogP) is 3.18. The van der Waals surface area contributed by atoms with Crippen molar-refractivity contribution < 1.29 is 9.84 Å². The maximum Gasteiger partial charge on any atom is 0.157 e. The van der Waals surface area contributed by atoms with Crippen molar-refractivity contribution in [1.29, 1.82) is 0 Å². The van der Waals surface area contributed by atoms with Crippen LogP contribution in [0.4, 0.5) is 5.82 Å². The van der Waals surface area contributed by atoms with E-state index in [0.29, 0.717) is 12.5 Å². The Balaban J connectivity index is 1.84. The second kappa shape index (κ2) is 6.72. The number of ether oxygens (including phenoxy) is 1. The van der Waals surface area contributed by atoms with Gasteiger partial charge in [0.25, 0.3) is 0 Å². The van der Waals surface area contributed by atoms with E-state index in [4.69, 9.17) is 4.74 Å². The van der Waals surface area contributed by atoms with Gasteiger partial charge in [0.1, 0.15) is 17.2 Å². The van der Waals surface area contributed by atoms with Crippen LogP contribution in [0.15, 0.2) is 42.6 Å². The van der Waals surface area contributed by atoms with Gasteiger partial charge in [0.2, 0.25) is 0 Å². The summed E-state index contributed by atoms with van der Waals surface area (Å²) in [5.41, 5.74) is 1.56. The van der Waals surface area contributed by atoms with Crippen LogP contribution in [0.1, 0.15) is 37.9 Å². The van der Waals surface area contributed by atoms with Crippen LogP contribution < -0.4 is 10.1 Å². The van der Waals surface area contributed by atoms with Crippen molar-refractivity contribution in [2.24, 2.45) is 0 Å². The topological polar surface area (TPSA) is 71.7 Å². The van der Waals surface area contributed by atoms with E-state index in [2.05, 4.69) is 29.2 Å². The third-order valence-corrected chi connectivity index (χ3v) is 4.30. The van der Waals surface area contributed by atoms with Gasteiger partial charge in [0.15, 0.2) is 5.65 Å². The van der Waals surface area contributed by atoms with Crippen molar-refractivity contribution in [2.45, 2.75) is 32.3 Å². The molecule has 1 atom stereocenters. The maximum absolute atomic E-state index is 10.9. The molecule has 1 aromatic carbocycles. The first-order valence-corrected chi connectivity index (χ1v) is 8.36. The molecule has 0 unspecified atom stereocenters. The van der Waals surface area contributed by atoms with Crippen molar-refractivity contribution in [3.8, 4) is 5.75 Å². The number of fused-ring (bicyclic) bond motifs is 1. The molecule has 0 amide bonds. The molecule has 132 valence electrons. The minimum absolute atomic E-state index is 0.308. The van der Waals surface area contributed by atoms with Crippen LogP contribution in [-0.2, 0) is 5.60 Å². The van der Waals surface area contributed by atoms with Crippen LogP contribution in [0.3, 0.4) is 0 Å². The lowest BCUT2D eigenvalue weighted by atomic mass is 9.96. The highest BCUT2D eigenvalue weighted by molar-refractivity contribution is 5.50. The fourth-order valence-electron chi connectivity index (χ4n) is 2.67. The molecule has 0 saturated carbocycles. The smallest absolute Gasteiger partial charge is 0.157 e. The molecule has 0 aliphatic carbocycles. The van der Waals surface area contributed by atoms with Gasteiger partial charge in [-0.05, 0) is 30.5 Å². The van der Waals surface area contributed by atoms with E-state index in [0.717, 1.165) is 28.5 Å². The number of aliphatic hydroxyl groups is 1. The zero-order chi connectivity index (χ0) is 18.0. The number of nitrogens with zero attached hydrogens (tertiary/aromatic N) is 3. The molecule has 25 heavy (non-hydrogen) atoms. The zero-order valence-electron chi connectivity index (χ0n) is 15.0. The molecule has 0 saturated heterocycles. The van der Waals surface area contributed by atoms with Crippen LogP contribution in [-0.4, -0.2) is 33.4 Å². The molecule has 0 aliphatic rings. The minimum Gasteiger partial charge on any atom is -0.497 e. The molecular formula is C19H24N4O2. The van der Waals surface area contributed by atoms with Gasteiger partial charge in [-0.1, -0.05) is 26.0 Å². The van der Waals surface area contributed by atoms with E-state index >= 15 is 0 Å². The van der Waals surface area contributed by atoms with Gasteiger partial charge in [0, 0.05) is 24.4 Å². The van der Waals surface area contributed by atoms with E-state index in [1.165, 1.54) is 0 Å². The van der Waals surface area contributed by atoms with Crippen LogP contribution in [0.25, 0.3) is 5.65 Å². The van der Waals surface area contributed by atoms with E-state index in [1.54, 1.807) is 24.7 Å². The van der Waals surface area contributed by atoms with Crippen molar-refractivity contribution in [3.05, 3.63) is 53.9 Å². The molecule has 2 aromatic heterocycles. The van der Waals surface area contributed by atoms with E-state index in [1.807, 2.05) is 36.4 Å². The van der Waals surface area contributed by atoms with Crippen LogP contribution in [0.5, 0.6) is 5.75 Å². The number of anilines is 1. The molecule has 2 N–H and O–H groups in total. The number of rotatable bonds is 6. The third-order valence-electron chi connectivity index (χ3n) is 4.30. The van der Waals surface area contributed by atoms with Gasteiger partial charge >= 0.3 is 0 Å². The Kier molecular flexibility index (Phi) is 4.63. The summed E-state index contributed by atoms with van der Waals surface area (Å²) < 4.78 is 6.92. The van der Waals surface area contributed by atoms with Gasteiger partial charge < -0.3 is 15.2 Å². The van der Waals surface area contributed by atoms with Crippen molar-refractivity contribution in [2.75, 3.05) is 19.0 Å². The summed E-state index contributed by atoms with van der Waals surface area (Å²) in [5.74, 6) is 1.89. The number of benzene rings is 1. The summed E-state index contributed by atoms with van der Waals surface area (Å²) in [6.07, 6.45) is 1.72. The SMILES string of the molecule is COc1ccc([C@@](C)(O)CNc2cc(C(C)C)nc3ccnn23)cc1. The van der Waals surface area contributed by atoms with Crippen LogP contribution >= 0.6 is 0 Å². The normalized spacial score (nSPS) is 13.8. The Morgan fingerprint density at radius 3 is 2.60 bits per heavy atom. The van der Waals surface area contributed by atoms with E-state index < -0.39 is 5.60 Å². The van der Waals surface area contributed by atoms with E-state index in [9.17, 15) is 5.11 Å². The second-order valence-corrected chi connectivity index (χ2v) is 6.68. The van der Waals surface area contributed by atoms with Crippen molar-refractivity contribution >= 4 is 11.5 Å². The summed E-state index contributed by atoms with van der Waals surface area (Å²) in [6.45, 7) is 6.33. The van der Waals surface area contributed by atoms with Gasteiger partial charge in [-0.15, -0.1) is 0 Å². The van der Waals surface area contributed by atoms with Crippen molar-refractivity contribution in [3.63, 3.8) is 0 Å². The Hall–Kier alpha value is -2.60. The highest BCUT2D eigenvalue weighted by atomic mass is 16.5. The lowest BCUT2D eigenvalue weighted by Crippen LogP contribution is -2.31. The number of nitrogens with one attached hydrogen (secondary N) is 1. The molecule has 3 aromatic rings. The highest BCUT2D eigenvalue weighted by Gasteiger charge is 2.23. The molecule has 0 spiro atoms. The maximum atomic E-state index is 10.9. The fraction of sp³-hybridized carbons (Fsp3) is 0.368. The zero-order valence-corrected chi connectivity index (χ0v) is 15.0. The molecule has 2 heterocycles. The average Bonchev–Trinajstić information content (AvgIpc) is 3.08. The summed E-state index contributed by atoms with van der Waals surface area (Å²) in [4.78, 5) is 4.60. The Morgan fingerprint density at radius 2 is 1.96 bits per heavy atom. The molecule has 6 nitrogen and oxygen atoms in total. The molecule has 0 fully saturated rings. The average molecular weight is 340 g/mol. The largest absolute Gasteiger partial charge is 0.497 e. The molecule has 0 aliphatic heterocycles. The van der Waals surface area contributed by atoms with Gasteiger partial charge in [0.05, 0.1) is 13.3 Å². The summed E-state index contributed by atoms with van der Waals surface area (Å²) in [5, 5.41) is 18.5. The minimum atomic E-state index is -1.03. The first kappa shape index (κ1) is 17.2. The molecular weight excluding hydrogens is 316 g/mol. The first-order chi connectivity index (χ1) is 11.9. The summed E-state index contributed by atoms with van der Waals surface area (Å²) in [7, 11) is 1.62.